The second-order valence-electron chi connectivity index (χ2n) is 4.14. The molecule has 1 heterocycles. The third kappa shape index (κ3) is 3.92. The number of allylic oxidation sites excluding steroid dienone is 5. The standard InChI is InChI=1S/C13H21NO/c1-4-11(2)5-6-12(3)14-9-7-13(15)8-10-14/h4-6,13,15H,1,7-10H2,2-3H3/b11-5-,12-6+. The van der Waals surface area contributed by atoms with Crippen molar-refractivity contribution in [2.45, 2.75) is 32.8 Å². The van der Waals surface area contributed by atoms with E-state index >= 15 is 0 Å². The van der Waals surface area contributed by atoms with Gasteiger partial charge in [-0.2, -0.15) is 0 Å². The quantitative estimate of drug-likeness (QED) is 0.719. The van der Waals surface area contributed by atoms with Gasteiger partial charge in [-0.05, 0) is 32.8 Å². The van der Waals surface area contributed by atoms with Crippen molar-refractivity contribution in [2.75, 3.05) is 13.1 Å². The van der Waals surface area contributed by atoms with Gasteiger partial charge in [0.1, 0.15) is 0 Å². The summed E-state index contributed by atoms with van der Waals surface area (Å²) in [6.45, 7) is 9.80. The van der Waals surface area contributed by atoms with Crippen LogP contribution in [0, 0.1) is 0 Å². The molecule has 0 bridgehead atoms. The van der Waals surface area contributed by atoms with Gasteiger partial charge in [-0.15, -0.1) is 0 Å². The summed E-state index contributed by atoms with van der Waals surface area (Å²) in [5.74, 6) is 0. The fourth-order valence-electron chi connectivity index (χ4n) is 1.64. The maximum Gasteiger partial charge on any atom is 0.0573 e. The Hall–Kier alpha value is -1.02. The topological polar surface area (TPSA) is 23.5 Å². The summed E-state index contributed by atoms with van der Waals surface area (Å²) in [4.78, 5) is 2.32. The molecule has 1 rings (SSSR count). The van der Waals surface area contributed by atoms with E-state index in [1.165, 1.54) is 11.3 Å². The van der Waals surface area contributed by atoms with Gasteiger partial charge < -0.3 is 10.0 Å². The zero-order valence-corrected chi connectivity index (χ0v) is 9.74. The number of aliphatic hydroxyl groups is 1. The average molecular weight is 207 g/mol. The zero-order valence-electron chi connectivity index (χ0n) is 9.74. The van der Waals surface area contributed by atoms with Gasteiger partial charge in [0, 0.05) is 18.8 Å². The van der Waals surface area contributed by atoms with E-state index in [0.717, 1.165) is 25.9 Å². The summed E-state index contributed by atoms with van der Waals surface area (Å²) >= 11 is 0. The molecular weight excluding hydrogens is 186 g/mol. The Bertz CT molecular complexity index is 270. The van der Waals surface area contributed by atoms with E-state index < -0.39 is 0 Å². The van der Waals surface area contributed by atoms with E-state index in [2.05, 4.69) is 30.6 Å². The molecule has 0 aliphatic carbocycles. The van der Waals surface area contributed by atoms with Crippen molar-refractivity contribution in [3.63, 3.8) is 0 Å². The van der Waals surface area contributed by atoms with Gasteiger partial charge in [0.2, 0.25) is 0 Å². The Balaban J connectivity index is 2.53. The van der Waals surface area contributed by atoms with Crippen molar-refractivity contribution in [1.29, 1.82) is 0 Å². The van der Waals surface area contributed by atoms with Crippen molar-refractivity contribution in [3.8, 4) is 0 Å². The van der Waals surface area contributed by atoms with Crippen molar-refractivity contribution < 1.29 is 5.11 Å². The summed E-state index contributed by atoms with van der Waals surface area (Å²) in [5, 5.41) is 9.39. The molecule has 1 aliphatic heterocycles. The van der Waals surface area contributed by atoms with E-state index in [-0.39, 0.29) is 6.10 Å². The highest BCUT2D eigenvalue weighted by Gasteiger charge is 2.16. The minimum Gasteiger partial charge on any atom is -0.393 e. The number of nitrogens with zero attached hydrogens (tertiary/aromatic N) is 1. The molecule has 0 amide bonds. The highest BCUT2D eigenvalue weighted by molar-refractivity contribution is 5.21. The van der Waals surface area contributed by atoms with Crippen LogP contribution in [0.1, 0.15) is 26.7 Å². The second kappa shape index (κ2) is 5.76. The zero-order chi connectivity index (χ0) is 11.3. The lowest BCUT2D eigenvalue weighted by molar-refractivity contribution is 0.0972. The number of hydrogen-bond acceptors (Lipinski definition) is 2. The fourth-order valence-corrected chi connectivity index (χ4v) is 1.64. The SMILES string of the molecule is C=C/C(C)=C\C=C(/C)N1CCC(O)CC1. The third-order valence-electron chi connectivity index (χ3n) is 2.87. The number of hydrogen-bond donors (Lipinski definition) is 1. The smallest absolute Gasteiger partial charge is 0.0573 e. The summed E-state index contributed by atoms with van der Waals surface area (Å²) in [7, 11) is 0. The molecule has 0 spiro atoms. The first-order valence-electron chi connectivity index (χ1n) is 5.54. The number of aliphatic hydroxyl groups excluding tert-OH is 1. The number of piperidine rings is 1. The Kier molecular flexibility index (Phi) is 4.63. The van der Waals surface area contributed by atoms with Crippen LogP contribution in [0.4, 0.5) is 0 Å². The van der Waals surface area contributed by atoms with E-state index in [1.54, 1.807) is 0 Å². The molecule has 0 saturated carbocycles. The molecule has 2 heteroatoms. The molecule has 0 aromatic rings. The molecular formula is C13H21NO. The summed E-state index contributed by atoms with van der Waals surface area (Å²) in [6, 6.07) is 0. The molecule has 2 nitrogen and oxygen atoms in total. The van der Waals surface area contributed by atoms with Crippen molar-refractivity contribution in [3.05, 3.63) is 36.1 Å². The monoisotopic (exact) mass is 207 g/mol. The van der Waals surface area contributed by atoms with Crippen molar-refractivity contribution in [2.24, 2.45) is 0 Å². The van der Waals surface area contributed by atoms with Gasteiger partial charge in [0.25, 0.3) is 0 Å². The van der Waals surface area contributed by atoms with Crippen LogP contribution < -0.4 is 0 Å². The predicted octanol–water partition coefficient (Wildman–Crippen LogP) is 2.48. The molecule has 84 valence electrons. The maximum absolute atomic E-state index is 9.39. The van der Waals surface area contributed by atoms with Crippen LogP contribution in [-0.4, -0.2) is 29.2 Å². The number of likely N-dealkylation sites (tertiary alicyclic amines) is 1. The Morgan fingerprint density at radius 3 is 2.40 bits per heavy atom. The van der Waals surface area contributed by atoms with Crippen LogP contribution in [0.15, 0.2) is 36.1 Å². The minimum absolute atomic E-state index is 0.0977. The second-order valence-corrected chi connectivity index (χ2v) is 4.14. The van der Waals surface area contributed by atoms with Crippen LogP contribution in [0.5, 0.6) is 0 Å². The Morgan fingerprint density at radius 2 is 1.87 bits per heavy atom. The lowest BCUT2D eigenvalue weighted by Crippen LogP contribution is -2.34. The van der Waals surface area contributed by atoms with Crippen LogP contribution in [0.2, 0.25) is 0 Å². The molecule has 1 N–H and O–H groups in total. The Morgan fingerprint density at radius 1 is 1.27 bits per heavy atom. The van der Waals surface area contributed by atoms with E-state index in [9.17, 15) is 5.11 Å². The fraction of sp³-hybridized carbons (Fsp3) is 0.538. The van der Waals surface area contributed by atoms with Crippen molar-refractivity contribution >= 4 is 0 Å². The largest absolute Gasteiger partial charge is 0.393 e. The summed E-state index contributed by atoms with van der Waals surface area (Å²) in [5.41, 5.74) is 2.44. The molecule has 1 fully saturated rings. The summed E-state index contributed by atoms with van der Waals surface area (Å²) < 4.78 is 0. The van der Waals surface area contributed by atoms with Gasteiger partial charge in [-0.25, -0.2) is 0 Å². The van der Waals surface area contributed by atoms with Crippen LogP contribution in [-0.2, 0) is 0 Å². The Labute approximate surface area is 92.6 Å². The predicted molar refractivity (Wildman–Crippen MR) is 64.5 cm³/mol. The van der Waals surface area contributed by atoms with Crippen molar-refractivity contribution in [1.82, 2.24) is 4.90 Å². The van der Waals surface area contributed by atoms with Crippen LogP contribution >= 0.6 is 0 Å². The molecule has 1 saturated heterocycles. The minimum atomic E-state index is -0.0977. The highest BCUT2D eigenvalue weighted by atomic mass is 16.3. The van der Waals surface area contributed by atoms with Crippen LogP contribution in [0.3, 0.4) is 0 Å². The highest BCUT2D eigenvalue weighted by Crippen LogP contribution is 2.15. The molecule has 0 aromatic heterocycles. The molecule has 0 radical (unpaired) electrons. The van der Waals surface area contributed by atoms with Gasteiger partial charge in [0.15, 0.2) is 0 Å². The normalized spacial score (nSPS) is 20.6. The lowest BCUT2D eigenvalue weighted by atomic mass is 10.1. The molecule has 15 heavy (non-hydrogen) atoms. The average Bonchev–Trinajstić information content (AvgIpc) is 2.26. The first-order chi connectivity index (χ1) is 7.13. The van der Waals surface area contributed by atoms with Gasteiger partial charge in [-0.1, -0.05) is 24.3 Å². The van der Waals surface area contributed by atoms with Gasteiger partial charge in [-0.3, -0.25) is 0 Å². The molecule has 1 aliphatic rings. The van der Waals surface area contributed by atoms with E-state index in [1.807, 2.05) is 13.0 Å². The molecule has 0 atom stereocenters. The third-order valence-corrected chi connectivity index (χ3v) is 2.87. The van der Waals surface area contributed by atoms with Gasteiger partial charge in [0.05, 0.1) is 6.10 Å². The van der Waals surface area contributed by atoms with Crippen LogP contribution in [0.25, 0.3) is 0 Å². The van der Waals surface area contributed by atoms with E-state index in [4.69, 9.17) is 0 Å². The maximum atomic E-state index is 9.39. The molecule has 0 unspecified atom stereocenters. The van der Waals surface area contributed by atoms with E-state index in [0.29, 0.717) is 0 Å². The number of rotatable bonds is 3. The van der Waals surface area contributed by atoms with Gasteiger partial charge >= 0.3 is 0 Å². The first kappa shape index (κ1) is 12.1. The lowest BCUT2D eigenvalue weighted by Gasteiger charge is -2.31. The first-order valence-corrected chi connectivity index (χ1v) is 5.54. The summed E-state index contributed by atoms with van der Waals surface area (Å²) in [6.07, 6.45) is 7.72. The molecule has 0 aromatic carbocycles.